The van der Waals surface area contributed by atoms with Gasteiger partial charge in [-0.05, 0) is 29.8 Å². The molecule has 0 fully saturated rings. The van der Waals surface area contributed by atoms with E-state index in [-0.39, 0.29) is 5.82 Å². The second kappa shape index (κ2) is 5.52. The van der Waals surface area contributed by atoms with E-state index in [1.807, 2.05) is 30.3 Å². The lowest BCUT2D eigenvalue weighted by Crippen LogP contribution is -2.04. The molecule has 4 nitrogen and oxygen atoms in total. The monoisotopic (exact) mass is 268 g/mol. The van der Waals surface area contributed by atoms with Gasteiger partial charge in [0.05, 0.1) is 11.4 Å². The van der Waals surface area contributed by atoms with Crippen molar-refractivity contribution in [1.29, 1.82) is 0 Å². The predicted molar refractivity (Wildman–Crippen MR) is 75.1 cm³/mol. The first-order chi connectivity index (χ1) is 9.83. The van der Waals surface area contributed by atoms with Gasteiger partial charge in [0.2, 0.25) is 0 Å². The van der Waals surface area contributed by atoms with Gasteiger partial charge in [0.25, 0.3) is 0 Å². The van der Waals surface area contributed by atoms with E-state index in [0.717, 1.165) is 16.9 Å². The lowest BCUT2D eigenvalue weighted by molar-refractivity contribution is 0.626. The van der Waals surface area contributed by atoms with Crippen LogP contribution in [0.4, 0.5) is 10.1 Å². The third-order valence-electron chi connectivity index (χ3n) is 2.94. The van der Waals surface area contributed by atoms with Crippen LogP contribution in [0.15, 0.2) is 61.2 Å². The Morgan fingerprint density at radius 3 is 2.80 bits per heavy atom. The smallest absolute Gasteiger partial charge is 0.138 e. The molecular formula is C15H13FN4. The van der Waals surface area contributed by atoms with Crippen molar-refractivity contribution in [3.05, 3.63) is 72.6 Å². The maximum Gasteiger partial charge on any atom is 0.138 e. The molecule has 1 aromatic heterocycles. The summed E-state index contributed by atoms with van der Waals surface area (Å²) in [4.78, 5) is 3.94. The minimum atomic E-state index is -0.228. The molecule has 2 aromatic carbocycles. The molecule has 0 unspecified atom stereocenters. The van der Waals surface area contributed by atoms with E-state index < -0.39 is 0 Å². The van der Waals surface area contributed by atoms with Crippen LogP contribution in [0.25, 0.3) is 5.69 Å². The van der Waals surface area contributed by atoms with Crippen molar-refractivity contribution in [2.24, 2.45) is 0 Å². The van der Waals surface area contributed by atoms with E-state index in [1.54, 1.807) is 17.1 Å². The maximum atomic E-state index is 13.1. The molecule has 100 valence electrons. The van der Waals surface area contributed by atoms with Gasteiger partial charge in [0.15, 0.2) is 0 Å². The topological polar surface area (TPSA) is 42.7 Å². The van der Waals surface area contributed by atoms with Gasteiger partial charge in [-0.1, -0.05) is 24.3 Å². The Hall–Kier alpha value is -2.69. The molecule has 0 bridgehead atoms. The lowest BCUT2D eigenvalue weighted by atomic mass is 10.2. The van der Waals surface area contributed by atoms with Crippen molar-refractivity contribution >= 4 is 5.69 Å². The van der Waals surface area contributed by atoms with Gasteiger partial charge in [0.1, 0.15) is 18.5 Å². The number of anilines is 1. The molecule has 3 rings (SSSR count). The number of nitrogens with zero attached hydrogens (tertiary/aromatic N) is 3. The first-order valence-corrected chi connectivity index (χ1v) is 6.25. The van der Waals surface area contributed by atoms with E-state index >= 15 is 0 Å². The highest BCUT2D eigenvalue weighted by Gasteiger charge is 2.04. The van der Waals surface area contributed by atoms with Crippen LogP contribution in [0.5, 0.6) is 0 Å². The highest BCUT2D eigenvalue weighted by molar-refractivity contribution is 5.60. The number of hydrogen-bond donors (Lipinski definition) is 1. The molecule has 1 heterocycles. The fraction of sp³-hybridized carbons (Fsp3) is 0.0667. The summed E-state index contributed by atoms with van der Waals surface area (Å²) in [6, 6.07) is 14.3. The Bertz CT molecular complexity index is 695. The molecule has 0 spiro atoms. The SMILES string of the molecule is Fc1cccc(CNc2ccccc2-n2cncn2)c1. The van der Waals surface area contributed by atoms with Crippen molar-refractivity contribution in [1.82, 2.24) is 14.8 Å². The summed E-state index contributed by atoms with van der Waals surface area (Å²) in [5, 5.41) is 7.41. The van der Waals surface area contributed by atoms with Crippen molar-refractivity contribution < 1.29 is 4.39 Å². The van der Waals surface area contributed by atoms with Crippen LogP contribution >= 0.6 is 0 Å². The minimum absolute atomic E-state index is 0.228. The zero-order valence-electron chi connectivity index (χ0n) is 10.7. The van der Waals surface area contributed by atoms with Crippen molar-refractivity contribution in [2.75, 3.05) is 5.32 Å². The molecule has 3 aromatic rings. The number of nitrogens with one attached hydrogen (secondary N) is 1. The van der Waals surface area contributed by atoms with Gasteiger partial charge >= 0.3 is 0 Å². The number of rotatable bonds is 4. The first kappa shape index (κ1) is 12.3. The third kappa shape index (κ3) is 2.66. The molecular weight excluding hydrogens is 255 g/mol. The largest absolute Gasteiger partial charge is 0.379 e. The number of aromatic nitrogens is 3. The van der Waals surface area contributed by atoms with Crippen LogP contribution in [0.3, 0.4) is 0 Å². The van der Waals surface area contributed by atoms with Crippen molar-refractivity contribution in [3.63, 3.8) is 0 Å². The second-order valence-corrected chi connectivity index (χ2v) is 4.34. The summed E-state index contributed by atoms with van der Waals surface area (Å²) >= 11 is 0. The fourth-order valence-electron chi connectivity index (χ4n) is 2.00. The first-order valence-electron chi connectivity index (χ1n) is 6.25. The zero-order valence-corrected chi connectivity index (χ0v) is 10.7. The third-order valence-corrected chi connectivity index (χ3v) is 2.94. The van der Waals surface area contributed by atoms with Crippen LogP contribution in [-0.4, -0.2) is 14.8 Å². The Morgan fingerprint density at radius 2 is 2.00 bits per heavy atom. The van der Waals surface area contributed by atoms with Crippen molar-refractivity contribution in [2.45, 2.75) is 6.54 Å². The number of halogens is 1. The summed E-state index contributed by atoms with van der Waals surface area (Å²) in [6.45, 7) is 0.545. The number of benzene rings is 2. The van der Waals surface area contributed by atoms with Crippen LogP contribution < -0.4 is 5.32 Å². The molecule has 0 aliphatic rings. The highest BCUT2D eigenvalue weighted by Crippen LogP contribution is 2.19. The Labute approximate surface area is 115 Å². The normalized spacial score (nSPS) is 10.4. The molecule has 0 radical (unpaired) electrons. The highest BCUT2D eigenvalue weighted by atomic mass is 19.1. The van der Waals surface area contributed by atoms with Crippen LogP contribution in [0.1, 0.15) is 5.56 Å². The molecule has 0 saturated heterocycles. The van der Waals surface area contributed by atoms with Gasteiger partial charge in [-0.25, -0.2) is 14.1 Å². The van der Waals surface area contributed by atoms with E-state index in [9.17, 15) is 4.39 Å². The Kier molecular flexibility index (Phi) is 3.41. The standard InChI is InChI=1S/C15H13FN4/c16-13-5-3-4-12(8-13)9-18-14-6-1-2-7-15(14)20-11-17-10-19-20/h1-8,10-11,18H,9H2. The quantitative estimate of drug-likeness (QED) is 0.791. The fourth-order valence-corrected chi connectivity index (χ4v) is 2.00. The molecule has 0 aliphatic heterocycles. The molecule has 0 atom stereocenters. The second-order valence-electron chi connectivity index (χ2n) is 4.34. The molecule has 5 heteroatoms. The van der Waals surface area contributed by atoms with Gasteiger partial charge in [-0.2, -0.15) is 5.10 Å². The molecule has 0 amide bonds. The maximum absolute atomic E-state index is 13.1. The average molecular weight is 268 g/mol. The van der Waals surface area contributed by atoms with Gasteiger partial charge in [0, 0.05) is 6.54 Å². The molecule has 0 saturated carbocycles. The van der Waals surface area contributed by atoms with Gasteiger partial charge < -0.3 is 5.32 Å². The predicted octanol–water partition coefficient (Wildman–Crippen LogP) is 3.02. The Morgan fingerprint density at radius 1 is 1.10 bits per heavy atom. The van der Waals surface area contributed by atoms with Gasteiger partial charge in [-0.15, -0.1) is 0 Å². The van der Waals surface area contributed by atoms with E-state index in [2.05, 4.69) is 15.4 Å². The number of hydrogen-bond acceptors (Lipinski definition) is 3. The number of para-hydroxylation sites is 2. The van der Waals surface area contributed by atoms with E-state index in [4.69, 9.17) is 0 Å². The molecule has 1 N–H and O–H groups in total. The van der Waals surface area contributed by atoms with E-state index in [1.165, 1.54) is 18.5 Å². The molecule has 0 aliphatic carbocycles. The summed E-state index contributed by atoms with van der Waals surface area (Å²) in [5.41, 5.74) is 2.71. The summed E-state index contributed by atoms with van der Waals surface area (Å²) in [6.07, 6.45) is 3.13. The lowest BCUT2D eigenvalue weighted by Gasteiger charge is -2.11. The van der Waals surface area contributed by atoms with Crippen LogP contribution in [0, 0.1) is 5.82 Å². The van der Waals surface area contributed by atoms with Gasteiger partial charge in [-0.3, -0.25) is 0 Å². The minimum Gasteiger partial charge on any atom is -0.379 e. The summed E-state index contributed by atoms with van der Waals surface area (Å²) in [5.74, 6) is -0.228. The summed E-state index contributed by atoms with van der Waals surface area (Å²) < 4.78 is 14.8. The van der Waals surface area contributed by atoms with E-state index in [0.29, 0.717) is 6.54 Å². The van der Waals surface area contributed by atoms with Crippen LogP contribution in [0.2, 0.25) is 0 Å². The summed E-state index contributed by atoms with van der Waals surface area (Å²) in [7, 11) is 0. The molecule has 20 heavy (non-hydrogen) atoms. The van der Waals surface area contributed by atoms with Crippen LogP contribution in [-0.2, 0) is 6.54 Å². The Balaban J connectivity index is 1.81. The average Bonchev–Trinajstić information content (AvgIpc) is 3.00. The zero-order chi connectivity index (χ0) is 13.8. The van der Waals surface area contributed by atoms with Crippen molar-refractivity contribution in [3.8, 4) is 5.69 Å².